The molecular weight excluding hydrogens is 297 g/mol. The molecule has 1 N–H and O–H groups in total. The Morgan fingerprint density at radius 3 is 2.82 bits per heavy atom. The molecule has 1 aromatic rings. The third-order valence-corrected chi connectivity index (χ3v) is 4.37. The molecule has 0 radical (unpaired) electrons. The summed E-state index contributed by atoms with van der Waals surface area (Å²) in [5.74, 6) is -0.605. The van der Waals surface area contributed by atoms with Gasteiger partial charge in [-0.25, -0.2) is 0 Å². The average Bonchev–Trinajstić information content (AvgIpc) is 3.07. The summed E-state index contributed by atoms with van der Waals surface area (Å²) in [6, 6.07) is 5.26. The van der Waals surface area contributed by atoms with Gasteiger partial charge in [0.1, 0.15) is 5.75 Å². The van der Waals surface area contributed by atoms with Gasteiger partial charge in [-0.2, -0.15) is 0 Å². The first kappa shape index (κ1) is 15.1. The van der Waals surface area contributed by atoms with Crippen LogP contribution < -0.4 is 10.1 Å². The van der Waals surface area contributed by atoms with E-state index in [2.05, 4.69) is 10.1 Å². The molecule has 0 aliphatic carbocycles. The second-order valence-corrected chi connectivity index (χ2v) is 5.98. The lowest BCUT2D eigenvalue weighted by Crippen LogP contribution is -2.33. The normalized spacial score (nSPS) is 25.0. The molecule has 2 aliphatic rings. The molecule has 2 fully saturated rings. The van der Waals surface area contributed by atoms with Crippen molar-refractivity contribution in [2.45, 2.75) is 19.2 Å². The van der Waals surface area contributed by atoms with Crippen LogP contribution in [0.3, 0.4) is 0 Å². The molecular formula is C15H17F3N2O2. The van der Waals surface area contributed by atoms with Crippen LogP contribution in [0, 0.1) is 5.41 Å². The lowest BCUT2D eigenvalue weighted by molar-refractivity contribution is -0.274. The SMILES string of the molecule is O=C(c1cccc(OC(F)(F)F)c1)N1CCC2(CCNC2)C1. The highest BCUT2D eigenvalue weighted by Gasteiger charge is 2.42. The number of alkyl halides is 3. The molecule has 0 saturated carbocycles. The molecule has 2 aliphatic heterocycles. The number of halogens is 3. The van der Waals surface area contributed by atoms with Gasteiger partial charge in [0.15, 0.2) is 0 Å². The number of hydrogen-bond donors (Lipinski definition) is 1. The van der Waals surface area contributed by atoms with Crippen molar-refractivity contribution in [3.05, 3.63) is 29.8 Å². The van der Waals surface area contributed by atoms with Gasteiger partial charge in [-0.05, 0) is 37.6 Å². The molecule has 2 saturated heterocycles. The van der Waals surface area contributed by atoms with Crippen LogP contribution in [-0.2, 0) is 0 Å². The Morgan fingerprint density at radius 2 is 2.14 bits per heavy atom. The van der Waals surface area contributed by atoms with Crippen molar-refractivity contribution in [2.75, 3.05) is 26.2 Å². The van der Waals surface area contributed by atoms with Crippen LogP contribution in [0.4, 0.5) is 13.2 Å². The fraction of sp³-hybridized carbons (Fsp3) is 0.533. The molecule has 1 spiro atoms. The number of nitrogens with one attached hydrogen (secondary N) is 1. The summed E-state index contributed by atoms with van der Waals surface area (Å²) >= 11 is 0. The Morgan fingerprint density at radius 1 is 1.32 bits per heavy atom. The van der Waals surface area contributed by atoms with Crippen LogP contribution in [0.5, 0.6) is 5.75 Å². The highest BCUT2D eigenvalue weighted by atomic mass is 19.4. The molecule has 2 heterocycles. The Kier molecular flexibility index (Phi) is 3.76. The maximum absolute atomic E-state index is 12.5. The summed E-state index contributed by atoms with van der Waals surface area (Å²) in [6.07, 6.45) is -2.78. The highest BCUT2D eigenvalue weighted by Crippen LogP contribution is 2.36. The Balaban J connectivity index is 1.71. The van der Waals surface area contributed by atoms with Crippen molar-refractivity contribution in [3.63, 3.8) is 0 Å². The van der Waals surface area contributed by atoms with Crippen molar-refractivity contribution in [1.29, 1.82) is 0 Å². The molecule has 22 heavy (non-hydrogen) atoms. The Labute approximate surface area is 126 Å². The standard InChI is InChI=1S/C15H17F3N2O2/c16-15(17,18)22-12-3-1-2-11(8-12)13(21)20-7-5-14(10-20)4-6-19-9-14/h1-3,8,19H,4-7,9-10H2. The minimum Gasteiger partial charge on any atom is -0.406 e. The number of benzene rings is 1. The summed E-state index contributed by atoms with van der Waals surface area (Å²) in [7, 11) is 0. The van der Waals surface area contributed by atoms with Gasteiger partial charge in [-0.15, -0.1) is 13.2 Å². The van der Waals surface area contributed by atoms with Gasteiger partial charge in [-0.3, -0.25) is 4.79 Å². The van der Waals surface area contributed by atoms with Crippen LogP contribution in [0.2, 0.25) is 0 Å². The van der Waals surface area contributed by atoms with E-state index >= 15 is 0 Å². The van der Waals surface area contributed by atoms with Crippen LogP contribution in [-0.4, -0.2) is 43.3 Å². The Bertz CT molecular complexity index is 568. The number of amides is 1. The van der Waals surface area contributed by atoms with Gasteiger partial charge in [0.25, 0.3) is 5.91 Å². The first-order chi connectivity index (χ1) is 10.4. The highest BCUT2D eigenvalue weighted by molar-refractivity contribution is 5.94. The molecule has 0 aromatic heterocycles. The summed E-state index contributed by atoms with van der Waals surface area (Å²) in [5, 5.41) is 3.31. The molecule has 1 atom stereocenters. The summed E-state index contributed by atoms with van der Waals surface area (Å²) < 4.78 is 40.6. The molecule has 0 bridgehead atoms. The smallest absolute Gasteiger partial charge is 0.406 e. The Hall–Kier alpha value is -1.76. The van der Waals surface area contributed by atoms with E-state index in [9.17, 15) is 18.0 Å². The zero-order chi connectivity index (χ0) is 15.8. The number of ether oxygens (including phenoxy) is 1. The number of nitrogens with zero attached hydrogens (tertiary/aromatic N) is 1. The topological polar surface area (TPSA) is 41.6 Å². The van der Waals surface area contributed by atoms with Crippen molar-refractivity contribution in [1.82, 2.24) is 10.2 Å². The largest absolute Gasteiger partial charge is 0.573 e. The fourth-order valence-electron chi connectivity index (χ4n) is 3.26. The van der Waals surface area contributed by atoms with E-state index in [4.69, 9.17) is 0 Å². The second kappa shape index (κ2) is 5.46. The van der Waals surface area contributed by atoms with Crippen LogP contribution in [0.25, 0.3) is 0 Å². The van der Waals surface area contributed by atoms with Gasteiger partial charge in [0.05, 0.1) is 0 Å². The van der Waals surface area contributed by atoms with Crippen LogP contribution >= 0.6 is 0 Å². The quantitative estimate of drug-likeness (QED) is 0.911. The molecule has 7 heteroatoms. The number of hydrogen-bond acceptors (Lipinski definition) is 3. The van der Waals surface area contributed by atoms with Crippen molar-refractivity contribution in [3.8, 4) is 5.75 Å². The van der Waals surface area contributed by atoms with E-state index in [1.54, 1.807) is 4.90 Å². The van der Waals surface area contributed by atoms with E-state index in [1.165, 1.54) is 18.2 Å². The maximum Gasteiger partial charge on any atom is 0.573 e. The number of carbonyl (C=O) groups is 1. The number of likely N-dealkylation sites (tertiary alicyclic amines) is 1. The minimum absolute atomic E-state index is 0.135. The van der Waals surface area contributed by atoms with Crippen molar-refractivity contribution in [2.24, 2.45) is 5.41 Å². The predicted molar refractivity (Wildman–Crippen MR) is 73.6 cm³/mol. The number of rotatable bonds is 2. The summed E-state index contributed by atoms with van der Waals surface area (Å²) in [6.45, 7) is 3.15. The zero-order valence-corrected chi connectivity index (χ0v) is 11.9. The first-order valence-corrected chi connectivity index (χ1v) is 7.23. The van der Waals surface area contributed by atoms with Gasteiger partial charge in [0, 0.05) is 30.6 Å². The summed E-state index contributed by atoms with van der Waals surface area (Å²) in [4.78, 5) is 14.2. The zero-order valence-electron chi connectivity index (χ0n) is 11.9. The maximum atomic E-state index is 12.5. The second-order valence-electron chi connectivity index (χ2n) is 5.98. The lowest BCUT2D eigenvalue weighted by atomic mass is 9.86. The first-order valence-electron chi connectivity index (χ1n) is 7.23. The van der Waals surface area contributed by atoms with Crippen LogP contribution in [0.15, 0.2) is 24.3 Å². The molecule has 1 amide bonds. The predicted octanol–water partition coefficient (Wildman–Crippen LogP) is 2.41. The monoisotopic (exact) mass is 314 g/mol. The van der Waals surface area contributed by atoms with Crippen LogP contribution in [0.1, 0.15) is 23.2 Å². The van der Waals surface area contributed by atoms with Gasteiger partial charge < -0.3 is 15.0 Å². The van der Waals surface area contributed by atoms with Gasteiger partial charge in [0.2, 0.25) is 0 Å². The van der Waals surface area contributed by atoms with E-state index in [-0.39, 0.29) is 22.6 Å². The third kappa shape index (κ3) is 3.19. The van der Waals surface area contributed by atoms with Crippen molar-refractivity contribution >= 4 is 5.91 Å². The summed E-state index contributed by atoms with van der Waals surface area (Å²) in [5.41, 5.74) is 0.361. The van der Waals surface area contributed by atoms with E-state index in [0.717, 1.165) is 32.0 Å². The minimum atomic E-state index is -4.76. The van der Waals surface area contributed by atoms with Crippen molar-refractivity contribution < 1.29 is 22.7 Å². The van der Waals surface area contributed by atoms with E-state index in [0.29, 0.717) is 13.1 Å². The third-order valence-electron chi connectivity index (χ3n) is 4.37. The molecule has 1 aromatic carbocycles. The molecule has 1 unspecified atom stereocenters. The number of carbonyl (C=O) groups excluding carboxylic acids is 1. The van der Waals surface area contributed by atoms with Gasteiger partial charge >= 0.3 is 6.36 Å². The van der Waals surface area contributed by atoms with Gasteiger partial charge in [-0.1, -0.05) is 6.07 Å². The van der Waals surface area contributed by atoms with E-state index in [1.807, 2.05) is 0 Å². The molecule has 120 valence electrons. The van der Waals surface area contributed by atoms with E-state index < -0.39 is 6.36 Å². The fourth-order valence-corrected chi connectivity index (χ4v) is 3.26. The molecule has 4 nitrogen and oxygen atoms in total. The lowest BCUT2D eigenvalue weighted by Gasteiger charge is -2.23. The molecule has 3 rings (SSSR count). The average molecular weight is 314 g/mol.